The van der Waals surface area contributed by atoms with Crippen molar-refractivity contribution in [2.75, 3.05) is 18.4 Å². The second kappa shape index (κ2) is 4.81. The van der Waals surface area contributed by atoms with Gasteiger partial charge in [-0.1, -0.05) is 11.6 Å². The van der Waals surface area contributed by atoms with Gasteiger partial charge >= 0.3 is 12.0 Å². The number of carboxylic acids is 1. The molecule has 2 rings (SSSR count). The second-order valence-corrected chi connectivity index (χ2v) is 4.41. The Hall–Kier alpha value is -1.82. The number of nitrogens with zero attached hydrogens (tertiary/aromatic N) is 1. The average Bonchev–Trinajstić information content (AvgIpc) is 2.20. The number of hydrogen-bond donors (Lipinski definition) is 2. The molecule has 1 saturated heterocycles. The van der Waals surface area contributed by atoms with Gasteiger partial charge in [-0.25, -0.2) is 9.18 Å². The largest absolute Gasteiger partial charge is 0.481 e. The molecular formula is C11H10ClFN2O3. The van der Waals surface area contributed by atoms with Gasteiger partial charge in [0.15, 0.2) is 0 Å². The van der Waals surface area contributed by atoms with E-state index in [0.29, 0.717) is 0 Å². The zero-order valence-corrected chi connectivity index (χ0v) is 9.95. The van der Waals surface area contributed by atoms with E-state index in [1.807, 2.05) is 0 Å². The van der Waals surface area contributed by atoms with Crippen molar-refractivity contribution in [3.05, 3.63) is 29.0 Å². The molecule has 0 unspecified atom stereocenters. The van der Waals surface area contributed by atoms with E-state index < -0.39 is 23.7 Å². The van der Waals surface area contributed by atoms with E-state index in [1.54, 1.807) is 0 Å². The van der Waals surface area contributed by atoms with E-state index >= 15 is 0 Å². The van der Waals surface area contributed by atoms with Gasteiger partial charge in [-0.05, 0) is 18.2 Å². The quantitative estimate of drug-likeness (QED) is 0.865. The predicted molar refractivity (Wildman–Crippen MR) is 63.1 cm³/mol. The number of likely N-dealkylation sites (tertiary alicyclic amines) is 1. The maximum absolute atomic E-state index is 13.1. The van der Waals surface area contributed by atoms with Crippen LogP contribution in [0.25, 0.3) is 0 Å². The van der Waals surface area contributed by atoms with Crippen LogP contribution in [0.5, 0.6) is 0 Å². The Labute approximate surface area is 107 Å². The average molecular weight is 273 g/mol. The Kier molecular flexibility index (Phi) is 3.38. The van der Waals surface area contributed by atoms with E-state index in [0.717, 1.165) is 6.07 Å². The fourth-order valence-electron chi connectivity index (χ4n) is 1.58. The molecule has 0 bridgehead atoms. The van der Waals surface area contributed by atoms with Crippen LogP contribution < -0.4 is 5.32 Å². The Bertz CT molecular complexity index is 503. The van der Waals surface area contributed by atoms with Gasteiger partial charge < -0.3 is 15.3 Å². The Morgan fingerprint density at radius 3 is 2.67 bits per heavy atom. The zero-order chi connectivity index (χ0) is 13.3. The molecule has 5 nitrogen and oxygen atoms in total. The van der Waals surface area contributed by atoms with Gasteiger partial charge in [-0.2, -0.15) is 0 Å². The lowest BCUT2D eigenvalue weighted by Gasteiger charge is -2.36. The molecule has 0 radical (unpaired) electrons. The van der Waals surface area contributed by atoms with E-state index in [4.69, 9.17) is 16.7 Å². The van der Waals surface area contributed by atoms with Crippen molar-refractivity contribution >= 4 is 29.3 Å². The number of carbonyl (C=O) groups is 2. The molecule has 2 amide bonds. The number of aliphatic carboxylic acids is 1. The zero-order valence-electron chi connectivity index (χ0n) is 9.19. The summed E-state index contributed by atoms with van der Waals surface area (Å²) in [6.07, 6.45) is 0. The van der Waals surface area contributed by atoms with Gasteiger partial charge in [0.25, 0.3) is 0 Å². The van der Waals surface area contributed by atoms with Gasteiger partial charge in [0.05, 0.1) is 10.9 Å². The molecule has 18 heavy (non-hydrogen) atoms. The minimum Gasteiger partial charge on any atom is -0.481 e. The summed E-state index contributed by atoms with van der Waals surface area (Å²) in [7, 11) is 0. The van der Waals surface area contributed by atoms with Crippen LogP contribution in [0.4, 0.5) is 14.9 Å². The Balaban J connectivity index is 1.92. The first-order valence-corrected chi connectivity index (χ1v) is 5.59. The number of anilines is 1. The molecule has 2 N–H and O–H groups in total. The van der Waals surface area contributed by atoms with Crippen LogP contribution in [0.3, 0.4) is 0 Å². The van der Waals surface area contributed by atoms with E-state index in [2.05, 4.69) is 5.32 Å². The van der Waals surface area contributed by atoms with Crippen molar-refractivity contribution in [2.24, 2.45) is 5.92 Å². The number of nitrogens with one attached hydrogen (secondary N) is 1. The van der Waals surface area contributed by atoms with Crippen molar-refractivity contribution in [1.29, 1.82) is 0 Å². The first-order valence-electron chi connectivity index (χ1n) is 5.21. The molecule has 0 atom stereocenters. The molecule has 1 heterocycles. The van der Waals surface area contributed by atoms with Gasteiger partial charge in [0.1, 0.15) is 5.82 Å². The SMILES string of the molecule is O=C(O)C1CN(C(=O)Nc2ccc(Cl)c(F)c2)C1. The van der Waals surface area contributed by atoms with Crippen LogP contribution in [-0.2, 0) is 4.79 Å². The van der Waals surface area contributed by atoms with Crippen molar-refractivity contribution in [3.63, 3.8) is 0 Å². The summed E-state index contributed by atoms with van der Waals surface area (Å²) in [6, 6.07) is 3.46. The number of urea groups is 1. The van der Waals surface area contributed by atoms with Crippen molar-refractivity contribution in [2.45, 2.75) is 0 Å². The van der Waals surface area contributed by atoms with E-state index in [1.165, 1.54) is 17.0 Å². The summed E-state index contributed by atoms with van der Waals surface area (Å²) in [5.74, 6) is -2.06. The summed E-state index contributed by atoms with van der Waals surface area (Å²) in [4.78, 5) is 23.5. The molecule has 0 spiro atoms. The number of amides is 2. The minimum absolute atomic E-state index is 0.0251. The van der Waals surface area contributed by atoms with Gasteiger partial charge in [0, 0.05) is 18.8 Å². The van der Waals surface area contributed by atoms with Crippen molar-refractivity contribution in [3.8, 4) is 0 Å². The molecule has 1 aliphatic heterocycles. The fourth-order valence-corrected chi connectivity index (χ4v) is 1.69. The number of rotatable bonds is 2. The highest BCUT2D eigenvalue weighted by atomic mass is 35.5. The molecule has 1 aromatic rings. The summed E-state index contributed by atoms with van der Waals surface area (Å²) in [5.41, 5.74) is 0.278. The third-order valence-electron chi connectivity index (χ3n) is 2.69. The highest BCUT2D eigenvalue weighted by molar-refractivity contribution is 6.30. The predicted octanol–water partition coefficient (Wildman–Crippen LogP) is 2.03. The molecule has 7 heteroatoms. The molecule has 1 aliphatic rings. The first-order chi connectivity index (χ1) is 8.47. The molecule has 0 aromatic heterocycles. The van der Waals surface area contributed by atoms with E-state index in [-0.39, 0.29) is 23.8 Å². The lowest BCUT2D eigenvalue weighted by Crippen LogP contribution is -2.54. The second-order valence-electron chi connectivity index (χ2n) is 4.00. The minimum atomic E-state index is -0.920. The third kappa shape index (κ3) is 2.53. The summed E-state index contributed by atoms with van der Waals surface area (Å²) >= 11 is 5.51. The van der Waals surface area contributed by atoms with Crippen molar-refractivity contribution in [1.82, 2.24) is 4.90 Å². The Morgan fingerprint density at radius 1 is 1.44 bits per heavy atom. The maximum Gasteiger partial charge on any atom is 0.321 e. The molecule has 1 aromatic carbocycles. The Morgan fingerprint density at radius 2 is 2.11 bits per heavy atom. The lowest BCUT2D eigenvalue weighted by molar-refractivity contribution is -0.145. The molecule has 0 saturated carbocycles. The monoisotopic (exact) mass is 272 g/mol. The summed E-state index contributed by atoms with van der Waals surface area (Å²) in [6.45, 7) is 0.328. The molecule has 96 valence electrons. The molecule has 0 aliphatic carbocycles. The fraction of sp³-hybridized carbons (Fsp3) is 0.273. The van der Waals surface area contributed by atoms with Gasteiger partial charge in [-0.3, -0.25) is 4.79 Å². The van der Waals surface area contributed by atoms with Crippen LogP contribution in [-0.4, -0.2) is 35.1 Å². The number of halogens is 2. The number of benzene rings is 1. The van der Waals surface area contributed by atoms with Crippen LogP contribution in [0.15, 0.2) is 18.2 Å². The smallest absolute Gasteiger partial charge is 0.321 e. The van der Waals surface area contributed by atoms with Crippen LogP contribution in [0.1, 0.15) is 0 Å². The first kappa shape index (κ1) is 12.6. The standard InChI is InChI=1S/C11H10ClFN2O3/c12-8-2-1-7(3-9(8)13)14-11(18)15-4-6(5-15)10(16)17/h1-3,6H,4-5H2,(H,14,18)(H,16,17). The topological polar surface area (TPSA) is 69.6 Å². The summed E-state index contributed by atoms with van der Waals surface area (Å²) in [5, 5.41) is 11.1. The number of hydrogen-bond acceptors (Lipinski definition) is 2. The van der Waals surface area contributed by atoms with E-state index in [9.17, 15) is 14.0 Å². The normalized spacial score (nSPS) is 15.1. The van der Waals surface area contributed by atoms with Crippen LogP contribution in [0.2, 0.25) is 5.02 Å². The molecule has 1 fully saturated rings. The third-order valence-corrected chi connectivity index (χ3v) is 3.00. The highest BCUT2D eigenvalue weighted by Crippen LogP contribution is 2.21. The van der Waals surface area contributed by atoms with Crippen molar-refractivity contribution < 1.29 is 19.1 Å². The summed E-state index contributed by atoms with van der Waals surface area (Å²) < 4.78 is 13.1. The number of carbonyl (C=O) groups excluding carboxylic acids is 1. The molecular weight excluding hydrogens is 263 g/mol. The highest BCUT2D eigenvalue weighted by Gasteiger charge is 2.35. The van der Waals surface area contributed by atoms with Gasteiger partial charge in [-0.15, -0.1) is 0 Å². The van der Waals surface area contributed by atoms with Gasteiger partial charge in [0.2, 0.25) is 0 Å². The van der Waals surface area contributed by atoms with Crippen LogP contribution >= 0.6 is 11.6 Å². The lowest BCUT2D eigenvalue weighted by atomic mass is 10.0. The van der Waals surface area contributed by atoms with Crippen LogP contribution in [0, 0.1) is 11.7 Å². The number of carboxylic acid groups (broad SMARTS) is 1. The maximum atomic E-state index is 13.1.